The fourth-order valence-electron chi connectivity index (χ4n) is 3.08. The largest absolute Gasteiger partial charge is 0.466 e. The van der Waals surface area contributed by atoms with E-state index in [0.29, 0.717) is 12.5 Å². The highest BCUT2D eigenvalue weighted by atomic mass is 16.5. The molecule has 1 atom stereocenters. The number of nitrogens with one attached hydrogen (secondary N) is 1. The Hall–Kier alpha value is -1.55. The van der Waals surface area contributed by atoms with Crippen molar-refractivity contribution in [1.82, 2.24) is 0 Å². The summed E-state index contributed by atoms with van der Waals surface area (Å²) in [5, 5.41) is 13.8. The molecule has 1 aliphatic rings. The second-order valence-corrected chi connectivity index (χ2v) is 6.00. The summed E-state index contributed by atoms with van der Waals surface area (Å²) in [5.41, 5.74) is 1.69. The number of aliphatic hydroxyl groups is 1. The van der Waals surface area contributed by atoms with Gasteiger partial charge in [-0.1, -0.05) is 37.5 Å². The van der Waals surface area contributed by atoms with Gasteiger partial charge in [-0.2, -0.15) is 0 Å². The van der Waals surface area contributed by atoms with Crippen molar-refractivity contribution in [2.75, 3.05) is 18.5 Å². The van der Waals surface area contributed by atoms with Crippen LogP contribution >= 0.6 is 0 Å². The van der Waals surface area contributed by atoms with Gasteiger partial charge in [0, 0.05) is 17.8 Å². The summed E-state index contributed by atoms with van der Waals surface area (Å²) in [6, 6.07) is 7.67. The van der Waals surface area contributed by atoms with E-state index in [-0.39, 0.29) is 12.4 Å². The van der Waals surface area contributed by atoms with E-state index in [1.807, 2.05) is 24.3 Å². The van der Waals surface area contributed by atoms with Gasteiger partial charge in [-0.3, -0.25) is 4.79 Å². The molecule has 1 aromatic carbocycles. The molecule has 0 amide bonds. The third-order valence-corrected chi connectivity index (χ3v) is 4.29. The molecule has 122 valence electrons. The summed E-state index contributed by atoms with van der Waals surface area (Å²) in [6.07, 6.45) is 5.72. The Morgan fingerprint density at radius 1 is 1.32 bits per heavy atom. The van der Waals surface area contributed by atoms with Gasteiger partial charge < -0.3 is 15.2 Å². The van der Waals surface area contributed by atoms with Crippen LogP contribution in [0.2, 0.25) is 0 Å². The minimum Gasteiger partial charge on any atom is -0.466 e. The molecule has 4 nitrogen and oxygen atoms in total. The Morgan fingerprint density at radius 2 is 2.05 bits per heavy atom. The Balaban J connectivity index is 1.94. The van der Waals surface area contributed by atoms with E-state index in [1.165, 1.54) is 32.1 Å². The van der Waals surface area contributed by atoms with Crippen molar-refractivity contribution in [3.63, 3.8) is 0 Å². The molecule has 1 saturated carbocycles. The van der Waals surface area contributed by atoms with Crippen LogP contribution < -0.4 is 5.32 Å². The molecule has 1 aromatic rings. The van der Waals surface area contributed by atoms with Gasteiger partial charge >= 0.3 is 5.97 Å². The first-order valence-corrected chi connectivity index (χ1v) is 8.37. The zero-order valence-corrected chi connectivity index (χ0v) is 13.4. The molecule has 1 fully saturated rings. The van der Waals surface area contributed by atoms with E-state index in [9.17, 15) is 9.90 Å². The Kier molecular flexibility index (Phi) is 6.72. The second-order valence-electron chi connectivity index (χ2n) is 6.00. The summed E-state index contributed by atoms with van der Waals surface area (Å²) in [7, 11) is 0. The highest BCUT2D eigenvalue weighted by Gasteiger charge is 2.18. The predicted molar refractivity (Wildman–Crippen MR) is 87.7 cm³/mol. The number of carbonyl (C=O) groups is 1. The van der Waals surface area contributed by atoms with Crippen LogP contribution in [0.15, 0.2) is 24.3 Å². The minimum atomic E-state index is -0.825. The fourth-order valence-corrected chi connectivity index (χ4v) is 3.08. The van der Waals surface area contributed by atoms with Crippen LogP contribution in [0.3, 0.4) is 0 Å². The van der Waals surface area contributed by atoms with E-state index in [0.717, 1.165) is 17.8 Å². The van der Waals surface area contributed by atoms with Gasteiger partial charge in [0.15, 0.2) is 0 Å². The standard InChI is InChI=1S/C18H27NO3/c1-2-22-18(21)12-17(20)15-10-6-7-11-16(15)19-13-14-8-4-3-5-9-14/h6-7,10-11,14,17,19-20H,2-5,8-9,12-13H2,1H3. The van der Waals surface area contributed by atoms with Crippen molar-refractivity contribution in [3.8, 4) is 0 Å². The van der Waals surface area contributed by atoms with Crippen molar-refractivity contribution >= 4 is 11.7 Å². The number of hydrogen-bond donors (Lipinski definition) is 2. The maximum Gasteiger partial charge on any atom is 0.308 e. The first-order valence-electron chi connectivity index (χ1n) is 8.37. The SMILES string of the molecule is CCOC(=O)CC(O)c1ccccc1NCC1CCCCC1. The molecule has 0 aromatic heterocycles. The smallest absolute Gasteiger partial charge is 0.308 e. The van der Waals surface area contributed by atoms with Gasteiger partial charge in [0.05, 0.1) is 19.1 Å². The lowest BCUT2D eigenvalue weighted by atomic mass is 9.89. The molecule has 0 radical (unpaired) electrons. The molecule has 1 unspecified atom stereocenters. The second kappa shape index (κ2) is 8.79. The van der Waals surface area contributed by atoms with Crippen LogP contribution in [0.4, 0.5) is 5.69 Å². The van der Waals surface area contributed by atoms with Crippen molar-refractivity contribution in [1.29, 1.82) is 0 Å². The van der Waals surface area contributed by atoms with Crippen molar-refractivity contribution in [2.45, 2.75) is 51.6 Å². The summed E-state index contributed by atoms with van der Waals surface area (Å²) in [6.45, 7) is 3.04. The number of ether oxygens (including phenoxy) is 1. The number of carbonyl (C=O) groups excluding carboxylic acids is 1. The number of hydrogen-bond acceptors (Lipinski definition) is 4. The maximum atomic E-state index is 11.5. The minimum absolute atomic E-state index is 0.00401. The predicted octanol–water partition coefficient (Wildman–Crippen LogP) is 3.67. The molecular formula is C18H27NO3. The molecule has 0 spiro atoms. The van der Waals surface area contributed by atoms with Crippen LogP contribution in [-0.4, -0.2) is 24.2 Å². The van der Waals surface area contributed by atoms with Gasteiger partial charge in [0.2, 0.25) is 0 Å². The van der Waals surface area contributed by atoms with E-state index < -0.39 is 6.10 Å². The molecule has 4 heteroatoms. The number of aliphatic hydroxyl groups excluding tert-OH is 1. The third-order valence-electron chi connectivity index (χ3n) is 4.29. The fraction of sp³-hybridized carbons (Fsp3) is 0.611. The Labute approximate surface area is 132 Å². The molecule has 0 aliphatic heterocycles. The highest BCUT2D eigenvalue weighted by molar-refractivity contribution is 5.71. The lowest BCUT2D eigenvalue weighted by Crippen LogP contribution is -2.18. The van der Waals surface area contributed by atoms with Crippen LogP contribution in [0, 0.1) is 5.92 Å². The molecule has 1 aliphatic carbocycles. The van der Waals surface area contributed by atoms with Gasteiger partial charge in [-0.25, -0.2) is 0 Å². The lowest BCUT2D eigenvalue weighted by Gasteiger charge is -2.23. The lowest BCUT2D eigenvalue weighted by molar-refractivity contribution is -0.145. The summed E-state index contributed by atoms with van der Waals surface area (Å²) < 4.78 is 4.91. The van der Waals surface area contributed by atoms with E-state index >= 15 is 0 Å². The average molecular weight is 305 g/mol. The first-order chi connectivity index (χ1) is 10.7. The van der Waals surface area contributed by atoms with E-state index in [2.05, 4.69) is 5.32 Å². The summed E-state index contributed by atoms with van der Waals surface area (Å²) >= 11 is 0. The number of esters is 1. The molecule has 0 bridgehead atoms. The van der Waals surface area contributed by atoms with Crippen LogP contribution in [0.1, 0.15) is 57.1 Å². The van der Waals surface area contributed by atoms with Crippen molar-refractivity contribution < 1.29 is 14.6 Å². The Bertz CT molecular complexity index is 469. The van der Waals surface area contributed by atoms with Gasteiger partial charge in [0.25, 0.3) is 0 Å². The number of rotatable bonds is 7. The first kappa shape index (κ1) is 16.8. The van der Waals surface area contributed by atoms with E-state index in [4.69, 9.17) is 4.74 Å². The highest BCUT2D eigenvalue weighted by Crippen LogP contribution is 2.28. The quantitative estimate of drug-likeness (QED) is 0.755. The van der Waals surface area contributed by atoms with Gasteiger partial charge in [0.1, 0.15) is 0 Å². The molecule has 2 rings (SSSR count). The normalized spacial score (nSPS) is 17.0. The number of para-hydroxylation sites is 1. The van der Waals surface area contributed by atoms with Crippen LogP contribution in [-0.2, 0) is 9.53 Å². The third kappa shape index (κ3) is 5.02. The van der Waals surface area contributed by atoms with Gasteiger partial charge in [-0.05, 0) is 31.7 Å². The zero-order valence-electron chi connectivity index (χ0n) is 13.4. The Morgan fingerprint density at radius 3 is 2.77 bits per heavy atom. The van der Waals surface area contributed by atoms with Gasteiger partial charge in [-0.15, -0.1) is 0 Å². The molecule has 22 heavy (non-hydrogen) atoms. The van der Waals surface area contributed by atoms with Crippen LogP contribution in [0.5, 0.6) is 0 Å². The summed E-state index contributed by atoms with van der Waals surface area (Å²) in [5.74, 6) is 0.348. The van der Waals surface area contributed by atoms with Crippen molar-refractivity contribution in [2.24, 2.45) is 5.92 Å². The number of benzene rings is 1. The summed E-state index contributed by atoms with van der Waals surface area (Å²) in [4.78, 5) is 11.5. The molecular weight excluding hydrogens is 278 g/mol. The van der Waals surface area contributed by atoms with E-state index in [1.54, 1.807) is 6.92 Å². The van der Waals surface area contributed by atoms with Crippen LogP contribution in [0.25, 0.3) is 0 Å². The number of anilines is 1. The zero-order chi connectivity index (χ0) is 15.8. The molecule has 2 N–H and O–H groups in total. The maximum absolute atomic E-state index is 11.5. The molecule has 0 saturated heterocycles. The topological polar surface area (TPSA) is 58.6 Å². The average Bonchev–Trinajstić information content (AvgIpc) is 2.54. The van der Waals surface area contributed by atoms with Crippen molar-refractivity contribution in [3.05, 3.63) is 29.8 Å². The molecule has 0 heterocycles. The monoisotopic (exact) mass is 305 g/mol.